The van der Waals surface area contributed by atoms with E-state index in [-0.39, 0.29) is 10.5 Å². The highest BCUT2D eigenvalue weighted by atomic mass is 32.1. The number of rotatable bonds is 1. The molecule has 1 aromatic rings. The Hall–Kier alpha value is -0.610. The molecule has 0 saturated heterocycles. The second-order valence-corrected chi connectivity index (χ2v) is 6.01. The van der Waals surface area contributed by atoms with Gasteiger partial charge in [-0.2, -0.15) is 25.3 Å². The van der Waals surface area contributed by atoms with Crippen molar-refractivity contribution in [1.82, 2.24) is 0 Å². The van der Waals surface area contributed by atoms with Crippen LogP contribution in [0.3, 0.4) is 0 Å². The van der Waals surface area contributed by atoms with Crippen LogP contribution in [0.5, 0.6) is 0 Å². The number of hydrogen-bond acceptors (Lipinski definition) is 4. The summed E-state index contributed by atoms with van der Waals surface area (Å²) in [5, 5.41) is 0.497. The minimum atomic E-state index is 0.249. The van der Waals surface area contributed by atoms with E-state index in [0.717, 1.165) is 37.8 Å². The van der Waals surface area contributed by atoms with Crippen LogP contribution in [0.25, 0.3) is 0 Å². The van der Waals surface area contributed by atoms with Gasteiger partial charge in [0.15, 0.2) is 0 Å². The summed E-state index contributed by atoms with van der Waals surface area (Å²) < 4.78 is 0. The second kappa shape index (κ2) is 4.25. The Bertz CT molecular complexity index is 439. The zero-order chi connectivity index (χ0) is 12.0. The number of thiol groups is 2. The maximum Gasteiger partial charge on any atom is 0.150 e. The molecule has 0 bridgehead atoms. The quantitative estimate of drug-likeness (QED) is 0.601. The molecular formula is C13H15NOS2. The summed E-state index contributed by atoms with van der Waals surface area (Å²) in [6, 6.07) is 3.98. The standard InChI is InChI=1S/C13H15NOS2/c15-7-8-5-9-11(16)1-3-14-4-2-12(17)10(6-8)13(9)14/h5-7,11-12,16-17H,1-4H2. The van der Waals surface area contributed by atoms with E-state index in [1.807, 2.05) is 12.1 Å². The average Bonchev–Trinajstić information content (AvgIpc) is 2.36. The Balaban J connectivity index is 2.24. The zero-order valence-electron chi connectivity index (χ0n) is 9.47. The van der Waals surface area contributed by atoms with Crippen molar-refractivity contribution in [3.8, 4) is 0 Å². The number of anilines is 1. The van der Waals surface area contributed by atoms with Crippen LogP contribution in [0.15, 0.2) is 12.1 Å². The predicted molar refractivity (Wildman–Crippen MR) is 76.7 cm³/mol. The molecule has 2 unspecified atom stereocenters. The fourth-order valence-electron chi connectivity index (χ4n) is 2.85. The Labute approximate surface area is 112 Å². The van der Waals surface area contributed by atoms with Crippen LogP contribution >= 0.6 is 25.3 Å². The van der Waals surface area contributed by atoms with E-state index in [9.17, 15) is 4.79 Å². The third kappa shape index (κ3) is 1.78. The SMILES string of the molecule is O=Cc1cc2c3c(c1)C(S)CCN3CCC2S. The molecule has 0 spiro atoms. The van der Waals surface area contributed by atoms with Gasteiger partial charge in [-0.15, -0.1) is 0 Å². The third-order valence-corrected chi connectivity index (χ3v) is 4.78. The van der Waals surface area contributed by atoms with Gasteiger partial charge in [-0.05, 0) is 36.1 Å². The molecule has 1 aromatic carbocycles. The first-order valence-electron chi connectivity index (χ1n) is 5.95. The Morgan fingerprint density at radius 3 is 2.12 bits per heavy atom. The minimum absolute atomic E-state index is 0.249. The average molecular weight is 265 g/mol. The number of benzene rings is 1. The van der Waals surface area contributed by atoms with Gasteiger partial charge in [0.1, 0.15) is 6.29 Å². The molecule has 17 heavy (non-hydrogen) atoms. The molecule has 0 saturated carbocycles. The van der Waals surface area contributed by atoms with Gasteiger partial charge in [-0.3, -0.25) is 4.79 Å². The summed E-state index contributed by atoms with van der Waals surface area (Å²) in [5.41, 5.74) is 4.45. The molecule has 0 amide bonds. The van der Waals surface area contributed by atoms with Crippen molar-refractivity contribution in [2.45, 2.75) is 23.3 Å². The smallest absolute Gasteiger partial charge is 0.150 e. The molecule has 2 heterocycles. The van der Waals surface area contributed by atoms with Crippen molar-refractivity contribution in [2.24, 2.45) is 0 Å². The molecule has 0 radical (unpaired) electrons. The number of aldehydes is 1. The van der Waals surface area contributed by atoms with E-state index in [0.29, 0.717) is 0 Å². The molecular weight excluding hydrogens is 250 g/mol. The maximum atomic E-state index is 11.0. The van der Waals surface area contributed by atoms with Gasteiger partial charge in [-0.1, -0.05) is 0 Å². The first-order chi connectivity index (χ1) is 8.20. The fraction of sp³-hybridized carbons (Fsp3) is 0.462. The highest BCUT2D eigenvalue weighted by molar-refractivity contribution is 7.80. The second-order valence-electron chi connectivity index (χ2n) is 4.76. The van der Waals surface area contributed by atoms with Crippen LogP contribution in [0.1, 0.15) is 44.8 Å². The summed E-state index contributed by atoms with van der Waals surface area (Å²) in [5.74, 6) is 0. The van der Waals surface area contributed by atoms with Gasteiger partial charge in [0.05, 0.1) is 0 Å². The van der Waals surface area contributed by atoms with E-state index in [4.69, 9.17) is 0 Å². The molecule has 0 aliphatic carbocycles. The lowest BCUT2D eigenvalue weighted by molar-refractivity contribution is 0.112. The first-order valence-corrected chi connectivity index (χ1v) is 6.98. The van der Waals surface area contributed by atoms with E-state index < -0.39 is 0 Å². The van der Waals surface area contributed by atoms with Gasteiger partial charge < -0.3 is 4.90 Å². The highest BCUT2D eigenvalue weighted by Crippen LogP contribution is 2.46. The van der Waals surface area contributed by atoms with Crippen molar-refractivity contribution in [2.75, 3.05) is 18.0 Å². The summed E-state index contributed by atoms with van der Waals surface area (Å²) in [4.78, 5) is 13.4. The summed E-state index contributed by atoms with van der Waals surface area (Å²) >= 11 is 9.28. The molecule has 2 nitrogen and oxygen atoms in total. The van der Waals surface area contributed by atoms with Crippen LogP contribution < -0.4 is 4.90 Å². The van der Waals surface area contributed by atoms with Gasteiger partial charge in [0.2, 0.25) is 0 Å². The lowest BCUT2D eigenvalue weighted by atomic mass is 9.89. The van der Waals surface area contributed by atoms with Crippen molar-refractivity contribution < 1.29 is 4.79 Å². The summed E-state index contributed by atoms with van der Waals surface area (Å²) in [6.07, 6.45) is 3.02. The molecule has 90 valence electrons. The largest absolute Gasteiger partial charge is 0.371 e. The van der Waals surface area contributed by atoms with Crippen LogP contribution in [0.2, 0.25) is 0 Å². The number of carbonyl (C=O) groups is 1. The highest BCUT2D eigenvalue weighted by Gasteiger charge is 2.31. The Morgan fingerprint density at radius 1 is 1.12 bits per heavy atom. The van der Waals surface area contributed by atoms with Gasteiger partial charge in [0.25, 0.3) is 0 Å². The van der Waals surface area contributed by atoms with Crippen molar-refractivity contribution >= 4 is 37.2 Å². The summed E-state index contributed by atoms with van der Waals surface area (Å²) in [6.45, 7) is 2.13. The molecule has 0 aromatic heterocycles. The van der Waals surface area contributed by atoms with Gasteiger partial charge in [-0.25, -0.2) is 0 Å². The number of hydrogen-bond donors (Lipinski definition) is 2. The predicted octanol–water partition coefficient (Wildman–Crippen LogP) is 3.05. The molecule has 2 aliphatic heterocycles. The molecule has 0 fully saturated rings. The molecule has 3 rings (SSSR count). The Morgan fingerprint density at radius 2 is 1.65 bits per heavy atom. The topological polar surface area (TPSA) is 20.3 Å². The number of nitrogens with zero attached hydrogens (tertiary/aromatic N) is 1. The van der Waals surface area contributed by atoms with Crippen LogP contribution in [0.4, 0.5) is 5.69 Å². The van der Waals surface area contributed by atoms with E-state index in [1.165, 1.54) is 16.8 Å². The third-order valence-electron chi connectivity index (χ3n) is 3.71. The Kier molecular flexibility index (Phi) is 2.87. The van der Waals surface area contributed by atoms with E-state index in [1.54, 1.807) is 0 Å². The van der Waals surface area contributed by atoms with Gasteiger partial charge in [0, 0.05) is 34.8 Å². The monoisotopic (exact) mass is 265 g/mol. The molecule has 2 atom stereocenters. The zero-order valence-corrected chi connectivity index (χ0v) is 11.3. The van der Waals surface area contributed by atoms with Crippen LogP contribution in [-0.4, -0.2) is 19.4 Å². The van der Waals surface area contributed by atoms with Crippen molar-refractivity contribution in [1.29, 1.82) is 0 Å². The molecule has 0 N–H and O–H groups in total. The minimum Gasteiger partial charge on any atom is -0.371 e. The van der Waals surface area contributed by atoms with Crippen molar-refractivity contribution in [3.05, 3.63) is 28.8 Å². The van der Waals surface area contributed by atoms with E-state index >= 15 is 0 Å². The fourth-order valence-corrected chi connectivity index (χ4v) is 3.47. The van der Waals surface area contributed by atoms with Crippen LogP contribution in [-0.2, 0) is 0 Å². The lowest BCUT2D eigenvalue weighted by Crippen LogP contribution is -2.35. The summed E-state index contributed by atoms with van der Waals surface area (Å²) in [7, 11) is 0. The first kappa shape index (κ1) is 11.5. The molecule has 4 heteroatoms. The van der Waals surface area contributed by atoms with E-state index in [2.05, 4.69) is 30.2 Å². The normalized spacial score (nSPS) is 26.6. The van der Waals surface area contributed by atoms with Gasteiger partial charge >= 0.3 is 0 Å². The van der Waals surface area contributed by atoms with Crippen LogP contribution in [0, 0.1) is 0 Å². The maximum absolute atomic E-state index is 11.0. The number of carbonyl (C=O) groups excluding carboxylic acids is 1. The lowest BCUT2D eigenvalue weighted by Gasteiger charge is -2.41. The molecule has 2 aliphatic rings. The van der Waals surface area contributed by atoms with Crippen molar-refractivity contribution in [3.63, 3.8) is 0 Å².